The highest BCUT2D eigenvalue weighted by Crippen LogP contribution is 2.15. The molecular weight excluding hydrogens is 372 g/mol. The molecule has 29 heavy (non-hydrogen) atoms. The molecule has 3 aromatic rings. The molecule has 0 aliphatic rings. The molecule has 3 rings (SSSR count). The van der Waals surface area contributed by atoms with E-state index in [9.17, 15) is 9.59 Å². The van der Waals surface area contributed by atoms with Crippen molar-refractivity contribution in [1.82, 2.24) is 34.8 Å². The van der Waals surface area contributed by atoms with Gasteiger partial charge in [0, 0.05) is 30.5 Å². The first-order valence-electron chi connectivity index (χ1n) is 9.25. The van der Waals surface area contributed by atoms with Crippen molar-refractivity contribution in [2.75, 3.05) is 18.4 Å². The SMILES string of the molecule is Cc1cc(=O)n(CC(=O)NCCNc2ccc(-n3nc(C)c(C)c3C)nn2)cn1. The van der Waals surface area contributed by atoms with Crippen LogP contribution in [-0.2, 0) is 11.3 Å². The van der Waals surface area contributed by atoms with E-state index in [1.54, 1.807) is 11.6 Å². The number of rotatable bonds is 7. The Morgan fingerprint density at radius 3 is 2.52 bits per heavy atom. The second-order valence-electron chi connectivity index (χ2n) is 6.76. The number of carbonyl (C=O) groups is 1. The Bertz CT molecular complexity index is 1070. The third-order valence-electron chi connectivity index (χ3n) is 4.60. The molecule has 1 amide bonds. The van der Waals surface area contributed by atoms with Crippen LogP contribution in [0, 0.1) is 27.7 Å². The third kappa shape index (κ3) is 4.84. The van der Waals surface area contributed by atoms with Gasteiger partial charge in [-0.2, -0.15) is 5.10 Å². The molecule has 0 bridgehead atoms. The highest BCUT2D eigenvalue weighted by atomic mass is 16.2. The molecule has 2 N–H and O–H groups in total. The quantitative estimate of drug-likeness (QED) is 0.564. The summed E-state index contributed by atoms with van der Waals surface area (Å²) in [6, 6.07) is 5.04. The van der Waals surface area contributed by atoms with Crippen LogP contribution in [0.25, 0.3) is 5.82 Å². The minimum absolute atomic E-state index is 0.0668. The molecule has 10 nitrogen and oxygen atoms in total. The zero-order valence-corrected chi connectivity index (χ0v) is 16.9. The Balaban J connectivity index is 1.47. The number of nitrogens with one attached hydrogen (secondary N) is 2. The van der Waals surface area contributed by atoms with Crippen molar-refractivity contribution >= 4 is 11.7 Å². The van der Waals surface area contributed by atoms with Crippen LogP contribution in [0.3, 0.4) is 0 Å². The predicted octanol–water partition coefficient (Wildman–Crippen LogP) is 0.681. The van der Waals surface area contributed by atoms with E-state index in [1.807, 2.05) is 32.9 Å². The van der Waals surface area contributed by atoms with E-state index in [4.69, 9.17) is 0 Å². The molecule has 152 valence electrons. The van der Waals surface area contributed by atoms with Gasteiger partial charge in [-0.1, -0.05) is 0 Å². The summed E-state index contributed by atoms with van der Waals surface area (Å²) in [5.74, 6) is 0.982. The molecule has 3 aromatic heterocycles. The maximum absolute atomic E-state index is 12.0. The molecule has 0 fully saturated rings. The Morgan fingerprint density at radius 1 is 1.10 bits per heavy atom. The average molecular weight is 396 g/mol. The van der Waals surface area contributed by atoms with Crippen LogP contribution in [0.2, 0.25) is 0 Å². The van der Waals surface area contributed by atoms with Gasteiger partial charge < -0.3 is 10.6 Å². The van der Waals surface area contributed by atoms with E-state index in [1.165, 1.54) is 17.0 Å². The van der Waals surface area contributed by atoms with Crippen LogP contribution in [0.1, 0.15) is 22.6 Å². The molecule has 0 saturated heterocycles. The first kappa shape index (κ1) is 20.2. The van der Waals surface area contributed by atoms with Gasteiger partial charge in [-0.25, -0.2) is 9.67 Å². The zero-order valence-electron chi connectivity index (χ0n) is 16.9. The van der Waals surface area contributed by atoms with E-state index >= 15 is 0 Å². The molecule has 0 aliphatic carbocycles. The van der Waals surface area contributed by atoms with Gasteiger partial charge in [0.25, 0.3) is 5.56 Å². The molecule has 0 unspecified atom stereocenters. The van der Waals surface area contributed by atoms with Crippen molar-refractivity contribution in [1.29, 1.82) is 0 Å². The van der Waals surface area contributed by atoms with Gasteiger partial charge in [0.05, 0.1) is 12.0 Å². The fourth-order valence-corrected chi connectivity index (χ4v) is 2.71. The Hall–Kier alpha value is -3.56. The van der Waals surface area contributed by atoms with E-state index in [-0.39, 0.29) is 18.0 Å². The van der Waals surface area contributed by atoms with Crippen molar-refractivity contribution in [2.24, 2.45) is 0 Å². The zero-order chi connectivity index (χ0) is 21.0. The highest BCUT2D eigenvalue weighted by Gasteiger charge is 2.10. The molecule has 10 heteroatoms. The highest BCUT2D eigenvalue weighted by molar-refractivity contribution is 5.75. The standard InChI is InChI=1S/C19H24N8O2/c1-12-9-19(29)26(11-22-12)10-18(28)21-8-7-20-16-5-6-17(24-23-16)27-15(4)13(2)14(3)25-27/h5-6,9,11H,7-8,10H2,1-4H3,(H,20,23)(H,21,28). The maximum atomic E-state index is 12.0. The molecule has 0 radical (unpaired) electrons. The van der Waals surface area contributed by atoms with Crippen LogP contribution < -0.4 is 16.2 Å². The summed E-state index contributed by atoms with van der Waals surface area (Å²) >= 11 is 0. The third-order valence-corrected chi connectivity index (χ3v) is 4.60. The van der Waals surface area contributed by atoms with Gasteiger partial charge in [-0.3, -0.25) is 14.2 Å². The minimum atomic E-state index is -0.263. The summed E-state index contributed by atoms with van der Waals surface area (Å²) < 4.78 is 3.03. The lowest BCUT2D eigenvalue weighted by Crippen LogP contribution is -2.34. The topological polar surface area (TPSA) is 120 Å². The second-order valence-corrected chi connectivity index (χ2v) is 6.76. The number of anilines is 1. The number of nitrogens with zero attached hydrogens (tertiary/aromatic N) is 6. The Labute approximate surface area is 168 Å². The molecular formula is C19H24N8O2. The van der Waals surface area contributed by atoms with E-state index in [0.717, 1.165) is 17.0 Å². The van der Waals surface area contributed by atoms with Crippen molar-refractivity contribution in [3.63, 3.8) is 0 Å². The van der Waals surface area contributed by atoms with Crippen molar-refractivity contribution in [3.8, 4) is 5.82 Å². The van der Waals surface area contributed by atoms with Crippen LogP contribution >= 0.6 is 0 Å². The van der Waals surface area contributed by atoms with Gasteiger partial charge in [0.15, 0.2) is 5.82 Å². The van der Waals surface area contributed by atoms with Gasteiger partial charge in [0.1, 0.15) is 12.4 Å². The fraction of sp³-hybridized carbons (Fsp3) is 0.368. The lowest BCUT2D eigenvalue weighted by molar-refractivity contribution is -0.121. The smallest absolute Gasteiger partial charge is 0.253 e. The fourth-order valence-electron chi connectivity index (χ4n) is 2.71. The van der Waals surface area contributed by atoms with E-state index in [2.05, 4.69) is 30.9 Å². The summed E-state index contributed by atoms with van der Waals surface area (Å²) in [6.45, 7) is 8.49. The number of hydrogen-bond donors (Lipinski definition) is 2. The number of aromatic nitrogens is 6. The largest absolute Gasteiger partial charge is 0.367 e. The van der Waals surface area contributed by atoms with Crippen molar-refractivity contribution in [3.05, 3.63) is 57.5 Å². The van der Waals surface area contributed by atoms with E-state index < -0.39 is 0 Å². The summed E-state index contributed by atoms with van der Waals surface area (Å²) in [7, 11) is 0. The lowest BCUT2D eigenvalue weighted by Gasteiger charge is -2.09. The average Bonchev–Trinajstić information content (AvgIpc) is 2.95. The van der Waals surface area contributed by atoms with Crippen LogP contribution in [0.15, 0.2) is 29.3 Å². The summed E-state index contributed by atoms with van der Waals surface area (Å²) in [5.41, 5.74) is 3.50. The van der Waals surface area contributed by atoms with E-state index in [0.29, 0.717) is 30.4 Å². The molecule has 0 spiro atoms. The summed E-state index contributed by atoms with van der Waals surface area (Å²) in [6.07, 6.45) is 1.37. The molecule has 3 heterocycles. The van der Waals surface area contributed by atoms with Gasteiger partial charge >= 0.3 is 0 Å². The number of amides is 1. The first-order chi connectivity index (χ1) is 13.8. The first-order valence-corrected chi connectivity index (χ1v) is 9.25. The number of hydrogen-bond acceptors (Lipinski definition) is 7. The van der Waals surface area contributed by atoms with Crippen LogP contribution in [0.5, 0.6) is 0 Å². The van der Waals surface area contributed by atoms with Gasteiger partial charge in [-0.05, 0) is 45.4 Å². The minimum Gasteiger partial charge on any atom is -0.367 e. The van der Waals surface area contributed by atoms with Crippen LogP contribution in [0.4, 0.5) is 5.82 Å². The van der Waals surface area contributed by atoms with Gasteiger partial charge in [-0.15, -0.1) is 10.2 Å². The van der Waals surface area contributed by atoms with Crippen LogP contribution in [-0.4, -0.2) is 48.5 Å². The maximum Gasteiger partial charge on any atom is 0.253 e. The van der Waals surface area contributed by atoms with Crippen molar-refractivity contribution < 1.29 is 4.79 Å². The van der Waals surface area contributed by atoms with Crippen molar-refractivity contribution in [2.45, 2.75) is 34.2 Å². The molecule has 0 saturated carbocycles. The summed E-state index contributed by atoms with van der Waals surface area (Å²) in [5, 5.41) is 18.7. The summed E-state index contributed by atoms with van der Waals surface area (Å²) in [4.78, 5) is 27.7. The number of aryl methyl sites for hydroxylation is 2. The predicted molar refractivity (Wildman–Crippen MR) is 108 cm³/mol. The molecule has 0 aromatic carbocycles. The Kier molecular flexibility index (Phi) is 6.01. The Morgan fingerprint density at radius 2 is 1.90 bits per heavy atom. The molecule has 0 atom stereocenters. The number of carbonyl (C=O) groups excluding carboxylic acids is 1. The van der Waals surface area contributed by atoms with Gasteiger partial charge in [0.2, 0.25) is 5.91 Å². The lowest BCUT2D eigenvalue weighted by atomic mass is 10.2. The molecule has 0 aliphatic heterocycles. The monoisotopic (exact) mass is 396 g/mol. The second kappa shape index (κ2) is 8.63. The normalized spacial score (nSPS) is 10.8.